The van der Waals surface area contributed by atoms with Gasteiger partial charge in [0.2, 0.25) is 0 Å². The zero-order valence-electron chi connectivity index (χ0n) is 10.2. The topological polar surface area (TPSA) is 86.0 Å². The Morgan fingerprint density at radius 2 is 2.16 bits per heavy atom. The van der Waals surface area contributed by atoms with Gasteiger partial charge in [-0.15, -0.1) is 0 Å². The van der Waals surface area contributed by atoms with Gasteiger partial charge in [0, 0.05) is 11.9 Å². The summed E-state index contributed by atoms with van der Waals surface area (Å²) >= 11 is 0. The van der Waals surface area contributed by atoms with Crippen LogP contribution in [0.4, 0.5) is 0 Å². The monoisotopic (exact) mass is 255 g/mol. The lowest BCUT2D eigenvalue weighted by molar-refractivity contribution is -0.139. The predicted octanol–water partition coefficient (Wildman–Crippen LogP) is 1.69. The van der Waals surface area contributed by atoms with Crippen molar-refractivity contribution in [3.8, 4) is 6.07 Å². The van der Waals surface area contributed by atoms with Crippen molar-refractivity contribution >= 4 is 16.9 Å². The maximum atomic E-state index is 10.9. The SMILES string of the molecule is N#CC[C@H](NCc1ccc2ccccc2n1)C(=O)O. The van der Waals surface area contributed by atoms with Crippen molar-refractivity contribution in [2.24, 2.45) is 0 Å². The molecule has 19 heavy (non-hydrogen) atoms. The van der Waals surface area contributed by atoms with E-state index in [9.17, 15) is 4.79 Å². The fourth-order valence-electron chi connectivity index (χ4n) is 1.77. The second kappa shape index (κ2) is 5.94. The normalized spacial score (nSPS) is 11.9. The lowest BCUT2D eigenvalue weighted by Gasteiger charge is -2.10. The Bertz CT molecular complexity index is 634. The molecule has 0 fully saturated rings. The highest BCUT2D eigenvalue weighted by molar-refractivity contribution is 5.78. The molecule has 2 aromatic rings. The maximum absolute atomic E-state index is 10.9. The number of aliphatic carboxylic acids is 1. The number of nitrogens with zero attached hydrogens (tertiary/aromatic N) is 2. The molecule has 96 valence electrons. The molecule has 0 saturated heterocycles. The molecule has 0 amide bonds. The summed E-state index contributed by atoms with van der Waals surface area (Å²) in [5.41, 5.74) is 1.62. The fourth-order valence-corrected chi connectivity index (χ4v) is 1.77. The molecule has 2 rings (SSSR count). The van der Waals surface area contributed by atoms with Crippen LogP contribution in [0.1, 0.15) is 12.1 Å². The van der Waals surface area contributed by atoms with Gasteiger partial charge in [0.15, 0.2) is 0 Å². The molecule has 0 aliphatic rings. The van der Waals surface area contributed by atoms with Crippen LogP contribution in [0.5, 0.6) is 0 Å². The summed E-state index contributed by atoms with van der Waals surface area (Å²) in [6.07, 6.45) is -0.0666. The summed E-state index contributed by atoms with van der Waals surface area (Å²) < 4.78 is 0. The number of carboxylic acid groups (broad SMARTS) is 1. The lowest BCUT2D eigenvalue weighted by atomic mass is 10.2. The average molecular weight is 255 g/mol. The maximum Gasteiger partial charge on any atom is 0.321 e. The minimum Gasteiger partial charge on any atom is -0.480 e. The Morgan fingerprint density at radius 3 is 2.89 bits per heavy atom. The molecule has 1 aromatic heterocycles. The highest BCUT2D eigenvalue weighted by Gasteiger charge is 2.16. The number of carbonyl (C=O) groups is 1. The van der Waals surface area contributed by atoms with E-state index >= 15 is 0 Å². The van der Waals surface area contributed by atoms with Gasteiger partial charge in [-0.05, 0) is 12.1 Å². The minimum absolute atomic E-state index is 0.0666. The van der Waals surface area contributed by atoms with E-state index in [-0.39, 0.29) is 6.42 Å². The van der Waals surface area contributed by atoms with E-state index in [1.165, 1.54) is 0 Å². The van der Waals surface area contributed by atoms with Crippen LogP contribution >= 0.6 is 0 Å². The van der Waals surface area contributed by atoms with Crippen LogP contribution in [0.2, 0.25) is 0 Å². The molecular formula is C14H13N3O2. The molecule has 1 atom stereocenters. The Hall–Kier alpha value is -2.45. The summed E-state index contributed by atoms with van der Waals surface area (Å²) in [4.78, 5) is 15.3. The molecule has 2 N–H and O–H groups in total. The summed E-state index contributed by atoms with van der Waals surface area (Å²) in [5, 5.41) is 21.3. The van der Waals surface area contributed by atoms with E-state index in [1.807, 2.05) is 42.5 Å². The van der Waals surface area contributed by atoms with E-state index in [0.29, 0.717) is 6.54 Å². The zero-order chi connectivity index (χ0) is 13.7. The highest BCUT2D eigenvalue weighted by Crippen LogP contribution is 2.11. The molecule has 0 aliphatic heterocycles. The van der Waals surface area contributed by atoms with Crippen molar-refractivity contribution in [1.82, 2.24) is 10.3 Å². The molecule has 0 radical (unpaired) electrons. The molecule has 1 heterocycles. The van der Waals surface area contributed by atoms with Crippen molar-refractivity contribution in [3.05, 3.63) is 42.1 Å². The molecule has 0 unspecified atom stereocenters. The molecular weight excluding hydrogens is 242 g/mol. The predicted molar refractivity (Wildman–Crippen MR) is 70.2 cm³/mol. The van der Waals surface area contributed by atoms with Crippen LogP contribution in [0.15, 0.2) is 36.4 Å². The Morgan fingerprint density at radius 1 is 1.37 bits per heavy atom. The van der Waals surface area contributed by atoms with Gasteiger partial charge in [0.25, 0.3) is 0 Å². The van der Waals surface area contributed by atoms with E-state index in [1.54, 1.807) is 0 Å². The standard InChI is InChI=1S/C14H13N3O2/c15-8-7-13(14(18)19)16-9-11-6-5-10-3-1-2-4-12(10)17-11/h1-6,13,16H,7,9H2,(H,18,19)/t13-/m0/s1. The van der Waals surface area contributed by atoms with Gasteiger partial charge in [0.1, 0.15) is 6.04 Å². The molecule has 0 saturated carbocycles. The van der Waals surface area contributed by atoms with Crippen molar-refractivity contribution < 1.29 is 9.90 Å². The highest BCUT2D eigenvalue weighted by atomic mass is 16.4. The Kier molecular flexibility index (Phi) is 4.06. The first-order chi connectivity index (χ1) is 9.20. The first-order valence-electron chi connectivity index (χ1n) is 5.88. The summed E-state index contributed by atoms with van der Waals surface area (Å²) in [6, 6.07) is 12.5. The molecule has 0 spiro atoms. The van der Waals surface area contributed by atoms with Crippen LogP contribution in [0, 0.1) is 11.3 Å². The number of nitriles is 1. The molecule has 5 nitrogen and oxygen atoms in total. The van der Waals surface area contributed by atoms with E-state index in [4.69, 9.17) is 10.4 Å². The molecule has 5 heteroatoms. The Labute approximate surface area is 110 Å². The van der Waals surface area contributed by atoms with Gasteiger partial charge in [0.05, 0.1) is 23.7 Å². The van der Waals surface area contributed by atoms with E-state index in [0.717, 1.165) is 16.6 Å². The van der Waals surface area contributed by atoms with Crippen LogP contribution in [-0.4, -0.2) is 22.1 Å². The third kappa shape index (κ3) is 3.27. The second-order valence-electron chi connectivity index (χ2n) is 4.13. The van der Waals surface area contributed by atoms with Crippen LogP contribution in [0.25, 0.3) is 10.9 Å². The lowest BCUT2D eigenvalue weighted by Crippen LogP contribution is -2.36. The number of aromatic nitrogens is 1. The van der Waals surface area contributed by atoms with E-state index < -0.39 is 12.0 Å². The molecule has 0 aliphatic carbocycles. The first-order valence-corrected chi connectivity index (χ1v) is 5.88. The molecule has 0 bridgehead atoms. The number of hydrogen-bond acceptors (Lipinski definition) is 4. The Balaban J connectivity index is 2.09. The second-order valence-corrected chi connectivity index (χ2v) is 4.13. The number of fused-ring (bicyclic) bond motifs is 1. The fraction of sp³-hybridized carbons (Fsp3) is 0.214. The number of benzene rings is 1. The van der Waals surface area contributed by atoms with Gasteiger partial charge in [-0.25, -0.2) is 0 Å². The third-order valence-corrected chi connectivity index (χ3v) is 2.78. The van der Waals surface area contributed by atoms with Crippen LogP contribution < -0.4 is 5.32 Å². The van der Waals surface area contributed by atoms with E-state index in [2.05, 4.69) is 10.3 Å². The smallest absolute Gasteiger partial charge is 0.321 e. The third-order valence-electron chi connectivity index (χ3n) is 2.78. The molecule has 1 aromatic carbocycles. The van der Waals surface area contributed by atoms with Crippen LogP contribution in [-0.2, 0) is 11.3 Å². The first kappa shape index (κ1) is 13.0. The van der Waals surface area contributed by atoms with Crippen molar-refractivity contribution in [2.45, 2.75) is 19.0 Å². The largest absolute Gasteiger partial charge is 0.480 e. The number of nitrogens with one attached hydrogen (secondary N) is 1. The van der Waals surface area contributed by atoms with Gasteiger partial charge >= 0.3 is 5.97 Å². The van der Waals surface area contributed by atoms with Gasteiger partial charge in [-0.2, -0.15) is 5.26 Å². The van der Waals surface area contributed by atoms with Gasteiger partial charge < -0.3 is 5.11 Å². The summed E-state index contributed by atoms with van der Waals surface area (Å²) in [5.74, 6) is -1.03. The van der Waals surface area contributed by atoms with Crippen molar-refractivity contribution in [3.63, 3.8) is 0 Å². The number of rotatable bonds is 5. The number of hydrogen-bond donors (Lipinski definition) is 2. The number of pyridine rings is 1. The summed E-state index contributed by atoms with van der Waals surface area (Å²) in [7, 11) is 0. The quantitative estimate of drug-likeness (QED) is 0.849. The van der Waals surface area contributed by atoms with Gasteiger partial charge in [-0.1, -0.05) is 24.3 Å². The minimum atomic E-state index is -1.03. The number of para-hydroxylation sites is 1. The summed E-state index contributed by atoms with van der Waals surface area (Å²) in [6.45, 7) is 0.323. The van der Waals surface area contributed by atoms with Crippen LogP contribution in [0.3, 0.4) is 0 Å². The number of carboxylic acids is 1. The zero-order valence-corrected chi connectivity index (χ0v) is 10.2. The average Bonchev–Trinajstić information content (AvgIpc) is 2.43. The van der Waals surface area contributed by atoms with Crippen molar-refractivity contribution in [1.29, 1.82) is 5.26 Å². The van der Waals surface area contributed by atoms with Crippen molar-refractivity contribution in [2.75, 3.05) is 0 Å². The van der Waals surface area contributed by atoms with Gasteiger partial charge in [-0.3, -0.25) is 15.1 Å².